The molecular formula is C13H26ClNO4. The largest absolute Gasteiger partial charge is 0.382 e. The predicted molar refractivity (Wildman–Crippen MR) is 75.0 cm³/mol. The van der Waals surface area contributed by atoms with Gasteiger partial charge in [-0.25, -0.2) is 0 Å². The molecule has 0 amide bonds. The van der Waals surface area contributed by atoms with E-state index in [1.165, 1.54) is 0 Å². The summed E-state index contributed by atoms with van der Waals surface area (Å²) < 4.78 is 21.4. The molecule has 0 radical (unpaired) electrons. The van der Waals surface area contributed by atoms with Gasteiger partial charge in [0.05, 0.1) is 45.2 Å². The second kappa shape index (κ2) is 10.8. The van der Waals surface area contributed by atoms with Crippen LogP contribution in [0.4, 0.5) is 0 Å². The van der Waals surface area contributed by atoms with Gasteiger partial charge in [0, 0.05) is 32.6 Å². The second-order valence-corrected chi connectivity index (χ2v) is 5.01. The highest BCUT2D eigenvalue weighted by atomic mass is 35.5. The quantitative estimate of drug-likeness (QED) is 0.444. The van der Waals surface area contributed by atoms with Gasteiger partial charge in [-0.2, -0.15) is 0 Å². The van der Waals surface area contributed by atoms with E-state index in [-0.39, 0.29) is 12.2 Å². The van der Waals surface area contributed by atoms with E-state index in [0.29, 0.717) is 32.3 Å². The maximum absolute atomic E-state index is 5.85. The number of alkyl halides is 1. The number of hydrogen-bond donors (Lipinski definition) is 0. The Bertz CT molecular complexity index is 221. The van der Waals surface area contributed by atoms with E-state index < -0.39 is 0 Å². The molecule has 0 N–H and O–H groups in total. The third-order valence-electron chi connectivity index (χ3n) is 2.93. The Labute approximate surface area is 121 Å². The molecular weight excluding hydrogens is 270 g/mol. The normalized spacial score (nSPS) is 24.8. The lowest BCUT2D eigenvalue weighted by atomic mass is 10.2. The molecule has 2 unspecified atom stereocenters. The van der Waals surface area contributed by atoms with Gasteiger partial charge in [0.1, 0.15) is 0 Å². The predicted octanol–water partition coefficient (Wildman–Crippen LogP) is 0.994. The van der Waals surface area contributed by atoms with Crippen LogP contribution in [0.3, 0.4) is 0 Å². The number of rotatable bonds is 10. The summed E-state index contributed by atoms with van der Waals surface area (Å²) in [6.45, 7) is 8.05. The number of nitrogens with zero attached hydrogens (tertiary/aromatic N) is 1. The fourth-order valence-electron chi connectivity index (χ4n) is 2.07. The van der Waals surface area contributed by atoms with E-state index in [1.54, 1.807) is 7.11 Å². The summed E-state index contributed by atoms with van der Waals surface area (Å²) in [6, 6.07) is 0. The lowest BCUT2D eigenvalue weighted by molar-refractivity contribution is -0.0728. The van der Waals surface area contributed by atoms with E-state index in [9.17, 15) is 0 Å². The summed E-state index contributed by atoms with van der Waals surface area (Å²) in [5.41, 5.74) is 0. The van der Waals surface area contributed by atoms with Crippen molar-refractivity contribution >= 4 is 11.6 Å². The first-order valence-electron chi connectivity index (χ1n) is 6.84. The third-order valence-corrected chi connectivity index (χ3v) is 3.27. The van der Waals surface area contributed by atoms with Gasteiger partial charge in [0.25, 0.3) is 0 Å². The Morgan fingerprint density at radius 2 is 1.79 bits per heavy atom. The van der Waals surface area contributed by atoms with E-state index in [4.69, 9.17) is 30.5 Å². The van der Waals surface area contributed by atoms with Gasteiger partial charge in [0.15, 0.2) is 0 Å². The standard InChI is InChI=1S/C13H26ClNO4/c1-12-10-15(11-13(9-14)19-12)3-4-17-7-8-18-6-5-16-2/h12-13H,3-11H2,1-2H3. The van der Waals surface area contributed by atoms with Crippen LogP contribution in [-0.2, 0) is 18.9 Å². The molecule has 1 fully saturated rings. The summed E-state index contributed by atoms with van der Waals surface area (Å²) in [4.78, 5) is 2.34. The summed E-state index contributed by atoms with van der Waals surface area (Å²) in [6.07, 6.45) is 0.387. The highest BCUT2D eigenvalue weighted by Gasteiger charge is 2.23. The Kier molecular flexibility index (Phi) is 9.77. The van der Waals surface area contributed by atoms with Crippen LogP contribution in [-0.4, -0.2) is 82.8 Å². The van der Waals surface area contributed by atoms with E-state index in [2.05, 4.69) is 11.8 Å². The molecule has 0 saturated carbocycles. The number of methoxy groups -OCH3 is 1. The van der Waals surface area contributed by atoms with Gasteiger partial charge in [0.2, 0.25) is 0 Å². The summed E-state index contributed by atoms with van der Waals surface area (Å²) in [7, 11) is 1.66. The Morgan fingerprint density at radius 1 is 1.11 bits per heavy atom. The maximum Gasteiger partial charge on any atom is 0.0841 e. The molecule has 0 bridgehead atoms. The van der Waals surface area contributed by atoms with Gasteiger partial charge in [-0.15, -0.1) is 11.6 Å². The van der Waals surface area contributed by atoms with Crippen LogP contribution < -0.4 is 0 Å². The molecule has 19 heavy (non-hydrogen) atoms. The molecule has 5 nitrogen and oxygen atoms in total. The minimum atomic E-state index is 0.141. The zero-order valence-corrected chi connectivity index (χ0v) is 12.7. The smallest absolute Gasteiger partial charge is 0.0841 e. The average Bonchev–Trinajstić information content (AvgIpc) is 2.41. The van der Waals surface area contributed by atoms with Crippen molar-refractivity contribution in [2.45, 2.75) is 19.1 Å². The Hall–Kier alpha value is 0.0900. The van der Waals surface area contributed by atoms with Gasteiger partial charge in [-0.1, -0.05) is 0 Å². The van der Waals surface area contributed by atoms with Crippen molar-refractivity contribution in [1.29, 1.82) is 0 Å². The molecule has 1 rings (SSSR count). The lowest BCUT2D eigenvalue weighted by Gasteiger charge is -2.35. The molecule has 0 aromatic heterocycles. The van der Waals surface area contributed by atoms with Crippen LogP contribution in [0.2, 0.25) is 0 Å². The van der Waals surface area contributed by atoms with Gasteiger partial charge in [-0.3, -0.25) is 4.90 Å². The molecule has 0 aromatic carbocycles. The number of hydrogen-bond acceptors (Lipinski definition) is 5. The van der Waals surface area contributed by atoms with Crippen LogP contribution in [0.15, 0.2) is 0 Å². The fraction of sp³-hybridized carbons (Fsp3) is 1.00. The molecule has 2 atom stereocenters. The van der Waals surface area contributed by atoms with E-state index in [1.807, 2.05) is 0 Å². The Balaban J connectivity index is 1.96. The van der Waals surface area contributed by atoms with Crippen LogP contribution in [0, 0.1) is 0 Å². The molecule has 1 heterocycles. The zero-order chi connectivity index (χ0) is 13.9. The van der Waals surface area contributed by atoms with Gasteiger partial charge < -0.3 is 18.9 Å². The molecule has 1 saturated heterocycles. The van der Waals surface area contributed by atoms with Crippen molar-refractivity contribution in [3.8, 4) is 0 Å². The van der Waals surface area contributed by atoms with Crippen molar-refractivity contribution in [3.05, 3.63) is 0 Å². The first kappa shape index (κ1) is 17.1. The minimum absolute atomic E-state index is 0.141. The summed E-state index contributed by atoms with van der Waals surface area (Å²) >= 11 is 5.85. The van der Waals surface area contributed by atoms with Crippen molar-refractivity contribution in [2.75, 3.05) is 65.7 Å². The van der Waals surface area contributed by atoms with Crippen LogP contribution in [0.25, 0.3) is 0 Å². The van der Waals surface area contributed by atoms with Crippen molar-refractivity contribution in [1.82, 2.24) is 4.90 Å². The average molecular weight is 296 g/mol. The SMILES string of the molecule is COCCOCCOCCN1CC(C)OC(CCl)C1. The van der Waals surface area contributed by atoms with Crippen molar-refractivity contribution in [2.24, 2.45) is 0 Å². The lowest BCUT2D eigenvalue weighted by Crippen LogP contribution is -2.48. The van der Waals surface area contributed by atoms with Crippen LogP contribution in [0.1, 0.15) is 6.92 Å². The summed E-state index contributed by atoms with van der Waals surface area (Å²) in [5, 5.41) is 0. The molecule has 114 valence electrons. The Morgan fingerprint density at radius 3 is 2.47 bits per heavy atom. The first-order valence-corrected chi connectivity index (χ1v) is 7.38. The third kappa shape index (κ3) is 8.07. The van der Waals surface area contributed by atoms with Crippen molar-refractivity contribution < 1.29 is 18.9 Å². The molecule has 1 aliphatic rings. The molecule has 6 heteroatoms. The highest BCUT2D eigenvalue weighted by molar-refractivity contribution is 6.18. The van der Waals surface area contributed by atoms with Crippen LogP contribution >= 0.6 is 11.6 Å². The minimum Gasteiger partial charge on any atom is -0.382 e. The topological polar surface area (TPSA) is 40.2 Å². The maximum atomic E-state index is 5.85. The molecule has 1 aliphatic heterocycles. The molecule has 0 aromatic rings. The monoisotopic (exact) mass is 295 g/mol. The number of ether oxygens (including phenoxy) is 4. The van der Waals surface area contributed by atoms with Crippen molar-refractivity contribution in [3.63, 3.8) is 0 Å². The van der Waals surface area contributed by atoms with E-state index in [0.717, 1.165) is 26.2 Å². The zero-order valence-electron chi connectivity index (χ0n) is 12.0. The summed E-state index contributed by atoms with van der Waals surface area (Å²) in [5.74, 6) is 0.551. The molecule has 0 spiro atoms. The first-order chi connectivity index (χ1) is 9.26. The molecule has 0 aliphatic carbocycles. The van der Waals surface area contributed by atoms with Gasteiger partial charge in [-0.05, 0) is 6.92 Å². The second-order valence-electron chi connectivity index (χ2n) is 4.70. The highest BCUT2D eigenvalue weighted by Crippen LogP contribution is 2.11. The fourth-order valence-corrected chi connectivity index (χ4v) is 2.24. The number of halogens is 1. The van der Waals surface area contributed by atoms with Gasteiger partial charge >= 0.3 is 0 Å². The van der Waals surface area contributed by atoms with Crippen LogP contribution in [0.5, 0.6) is 0 Å². The number of morpholine rings is 1. The van der Waals surface area contributed by atoms with E-state index >= 15 is 0 Å².